The van der Waals surface area contributed by atoms with E-state index in [9.17, 15) is 4.79 Å². The third kappa shape index (κ3) is 3.32. The van der Waals surface area contributed by atoms with Crippen molar-refractivity contribution in [3.63, 3.8) is 0 Å². The molecule has 0 saturated carbocycles. The van der Waals surface area contributed by atoms with Gasteiger partial charge in [-0.25, -0.2) is 4.98 Å². The van der Waals surface area contributed by atoms with Crippen LogP contribution in [0, 0.1) is 0 Å². The van der Waals surface area contributed by atoms with Crippen molar-refractivity contribution < 1.29 is 9.53 Å². The molecule has 1 aromatic heterocycles. The molecule has 3 heterocycles. The quantitative estimate of drug-likeness (QED) is 0.637. The van der Waals surface area contributed by atoms with Gasteiger partial charge in [-0.05, 0) is 24.3 Å². The second kappa shape index (κ2) is 7.41. The van der Waals surface area contributed by atoms with Gasteiger partial charge >= 0.3 is 0 Å². The summed E-state index contributed by atoms with van der Waals surface area (Å²) in [6, 6.07) is 19.4. The molecule has 0 bridgehead atoms. The van der Waals surface area contributed by atoms with Gasteiger partial charge in [-0.2, -0.15) is 0 Å². The Balaban J connectivity index is 1.38. The van der Waals surface area contributed by atoms with Crippen LogP contribution in [0.2, 0.25) is 5.02 Å². The predicted molar refractivity (Wildman–Crippen MR) is 113 cm³/mol. The fraction of sp³-hybridized carbons (Fsp3) is 0.217. The minimum Gasteiger partial charge on any atom is -0.457 e. The Morgan fingerprint density at radius 3 is 2.10 bits per heavy atom. The van der Waals surface area contributed by atoms with Crippen LogP contribution in [-0.4, -0.2) is 42.0 Å². The largest absolute Gasteiger partial charge is 0.457 e. The van der Waals surface area contributed by atoms with Gasteiger partial charge in [0.05, 0.1) is 10.9 Å². The maximum atomic E-state index is 13.6. The molecule has 3 aromatic rings. The lowest BCUT2D eigenvalue weighted by Crippen LogP contribution is -2.50. The highest BCUT2D eigenvalue weighted by Crippen LogP contribution is 2.44. The molecule has 1 amide bonds. The van der Waals surface area contributed by atoms with Gasteiger partial charge in [0.1, 0.15) is 17.3 Å². The van der Waals surface area contributed by atoms with Gasteiger partial charge in [-0.3, -0.25) is 4.79 Å². The van der Waals surface area contributed by atoms with Crippen molar-refractivity contribution in [2.24, 2.45) is 0 Å². The number of pyridine rings is 1. The molecule has 5 nitrogen and oxygen atoms in total. The Morgan fingerprint density at radius 1 is 0.897 bits per heavy atom. The molecule has 2 aliphatic heterocycles. The molecule has 0 unspecified atom stereocenters. The molecular weight excluding hydrogens is 386 g/mol. The van der Waals surface area contributed by atoms with E-state index in [4.69, 9.17) is 16.3 Å². The summed E-state index contributed by atoms with van der Waals surface area (Å²) in [5, 5.41) is 0.624. The molecule has 1 fully saturated rings. The molecule has 1 saturated heterocycles. The normalized spacial score (nSPS) is 16.0. The standard InChI is InChI=1S/C23H20ClN3O2/c24-16-9-10-21(25-15-16)26-11-13-27(14-12-26)23(28)22-17-5-1-3-7-19(17)29-20-8-4-2-6-18(20)22/h1-10,15,22H,11-14H2. The molecule has 6 heteroatoms. The van der Waals surface area contributed by atoms with Crippen LogP contribution in [0.15, 0.2) is 66.9 Å². The van der Waals surface area contributed by atoms with E-state index < -0.39 is 0 Å². The Hall–Kier alpha value is -3.05. The van der Waals surface area contributed by atoms with E-state index in [1.54, 1.807) is 6.20 Å². The predicted octanol–water partition coefficient (Wildman–Crippen LogP) is 4.32. The molecule has 0 spiro atoms. The Bertz CT molecular complexity index is 1000. The van der Waals surface area contributed by atoms with Crippen molar-refractivity contribution in [3.8, 4) is 11.5 Å². The lowest BCUT2D eigenvalue weighted by molar-refractivity contribution is -0.132. The summed E-state index contributed by atoms with van der Waals surface area (Å²) >= 11 is 5.94. The number of carbonyl (C=O) groups excluding carboxylic acids is 1. The van der Waals surface area contributed by atoms with E-state index in [-0.39, 0.29) is 11.8 Å². The third-order valence-corrected chi connectivity index (χ3v) is 5.78. The summed E-state index contributed by atoms with van der Waals surface area (Å²) in [5.74, 6) is 2.19. The van der Waals surface area contributed by atoms with Crippen molar-refractivity contribution in [1.82, 2.24) is 9.88 Å². The van der Waals surface area contributed by atoms with E-state index in [0.717, 1.165) is 41.5 Å². The van der Waals surface area contributed by atoms with E-state index in [0.29, 0.717) is 18.1 Å². The minimum atomic E-state index is -0.337. The maximum Gasteiger partial charge on any atom is 0.234 e. The number of ether oxygens (including phenoxy) is 1. The van der Waals surface area contributed by atoms with Crippen LogP contribution in [-0.2, 0) is 4.79 Å². The lowest BCUT2D eigenvalue weighted by Gasteiger charge is -2.38. The molecule has 0 aliphatic carbocycles. The summed E-state index contributed by atoms with van der Waals surface area (Å²) in [7, 11) is 0. The van der Waals surface area contributed by atoms with Gasteiger partial charge in [0.2, 0.25) is 5.91 Å². The lowest BCUT2D eigenvalue weighted by atomic mass is 9.86. The summed E-state index contributed by atoms with van der Waals surface area (Å²) in [6.45, 7) is 2.80. The summed E-state index contributed by atoms with van der Waals surface area (Å²) in [6.07, 6.45) is 1.66. The summed E-state index contributed by atoms with van der Waals surface area (Å²) in [5.41, 5.74) is 1.86. The topological polar surface area (TPSA) is 45.7 Å². The number of amides is 1. The number of piperazine rings is 1. The second-order valence-corrected chi connectivity index (χ2v) is 7.69. The molecule has 5 rings (SSSR count). The molecule has 2 aromatic carbocycles. The SMILES string of the molecule is O=C(C1c2ccccc2Oc2ccccc21)N1CCN(c2ccc(Cl)cn2)CC1. The molecular formula is C23H20ClN3O2. The van der Waals surface area contributed by atoms with E-state index >= 15 is 0 Å². The third-order valence-electron chi connectivity index (χ3n) is 5.55. The number of anilines is 1. The number of nitrogens with zero attached hydrogens (tertiary/aromatic N) is 3. The first-order valence-corrected chi connectivity index (χ1v) is 10.1. The highest BCUT2D eigenvalue weighted by molar-refractivity contribution is 6.30. The number of para-hydroxylation sites is 2. The van der Waals surface area contributed by atoms with Gasteiger partial charge < -0.3 is 14.5 Å². The van der Waals surface area contributed by atoms with Crippen LogP contribution in [0.5, 0.6) is 11.5 Å². The van der Waals surface area contributed by atoms with Crippen LogP contribution in [0.1, 0.15) is 17.0 Å². The number of hydrogen-bond donors (Lipinski definition) is 0. The molecule has 2 aliphatic rings. The molecule has 0 N–H and O–H groups in total. The van der Waals surface area contributed by atoms with Crippen LogP contribution in [0.3, 0.4) is 0 Å². The number of rotatable bonds is 2. The van der Waals surface area contributed by atoms with E-state index in [1.165, 1.54) is 0 Å². The fourth-order valence-electron chi connectivity index (χ4n) is 4.07. The van der Waals surface area contributed by atoms with E-state index in [1.807, 2.05) is 65.6 Å². The highest BCUT2D eigenvalue weighted by Gasteiger charge is 2.36. The molecule has 0 radical (unpaired) electrons. The number of carbonyl (C=O) groups is 1. The molecule has 29 heavy (non-hydrogen) atoms. The molecule has 146 valence electrons. The van der Waals surface area contributed by atoms with Gasteiger partial charge in [0, 0.05) is 43.5 Å². The second-order valence-electron chi connectivity index (χ2n) is 7.26. The smallest absolute Gasteiger partial charge is 0.234 e. The Labute approximate surface area is 174 Å². The number of halogens is 1. The fourth-order valence-corrected chi connectivity index (χ4v) is 4.18. The van der Waals surface area contributed by atoms with Crippen molar-refractivity contribution >= 4 is 23.3 Å². The Kier molecular flexibility index (Phi) is 4.60. The zero-order chi connectivity index (χ0) is 19.8. The van der Waals surface area contributed by atoms with Gasteiger partial charge in [0.25, 0.3) is 0 Å². The number of hydrogen-bond acceptors (Lipinski definition) is 4. The minimum absolute atomic E-state index is 0.122. The van der Waals surface area contributed by atoms with Crippen molar-refractivity contribution in [2.75, 3.05) is 31.1 Å². The average Bonchev–Trinajstić information content (AvgIpc) is 2.77. The zero-order valence-corrected chi connectivity index (χ0v) is 16.5. The molecule has 0 atom stereocenters. The van der Waals surface area contributed by atoms with Crippen molar-refractivity contribution in [3.05, 3.63) is 83.0 Å². The van der Waals surface area contributed by atoms with Gasteiger partial charge in [0.15, 0.2) is 0 Å². The van der Waals surface area contributed by atoms with Crippen LogP contribution < -0.4 is 9.64 Å². The highest BCUT2D eigenvalue weighted by atomic mass is 35.5. The van der Waals surface area contributed by atoms with Crippen LogP contribution in [0.4, 0.5) is 5.82 Å². The number of aromatic nitrogens is 1. The number of benzene rings is 2. The number of fused-ring (bicyclic) bond motifs is 2. The first-order chi connectivity index (χ1) is 14.2. The summed E-state index contributed by atoms with van der Waals surface area (Å²) < 4.78 is 6.03. The first kappa shape index (κ1) is 18.0. The Morgan fingerprint density at radius 2 is 1.52 bits per heavy atom. The van der Waals surface area contributed by atoms with Gasteiger partial charge in [-0.1, -0.05) is 48.0 Å². The van der Waals surface area contributed by atoms with Crippen molar-refractivity contribution in [1.29, 1.82) is 0 Å². The first-order valence-electron chi connectivity index (χ1n) is 9.72. The average molecular weight is 406 g/mol. The monoisotopic (exact) mass is 405 g/mol. The van der Waals surface area contributed by atoms with Crippen LogP contribution in [0.25, 0.3) is 0 Å². The van der Waals surface area contributed by atoms with Crippen LogP contribution >= 0.6 is 11.6 Å². The maximum absolute atomic E-state index is 13.6. The van der Waals surface area contributed by atoms with Gasteiger partial charge in [-0.15, -0.1) is 0 Å². The summed E-state index contributed by atoms with van der Waals surface area (Å²) in [4.78, 5) is 22.1. The zero-order valence-electron chi connectivity index (χ0n) is 15.8. The van der Waals surface area contributed by atoms with E-state index in [2.05, 4.69) is 9.88 Å². The van der Waals surface area contributed by atoms with Crippen molar-refractivity contribution in [2.45, 2.75) is 5.92 Å².